The van der Waals surface area contributed by atoms with Crippen LogP contribution in [0.15, 0.2) is 66.9 Å². The minimum atomic E-state index is -4.86. The van der Waals surface area contributed by atoms with Crippen molar-refractivity contribution in [3.8, 4) is 5.75 Å². The van der Waals surface area contributed by atoms with Gasteiger partial charge >= 0.3 is 6.36 Å². The van der Waals surface area contributed by atoms with Gasteiger partial charge in [-0.25, -0.2) is 0 Å². The highest BCUT2D eigenvalue weighted by atomic mass is 35.5. The fourth-order valence-electron chi connectivity index (χ4n) is 2.21. The molecule has 0 bridgehead atoms. The van der Waals surface area contributed by atoms with Gasteiger partial charge in [-0.15, -0.1) is 18.9 Å². The number of rotatable bonds is 5. The number of ether oxygens (including phenoxy) is 1. The van der Waals surface area contributed by atoms with Crippen LogP contribution in [0.3, 0.4) is 0 Å². The second kappa shape index (κ2) is 7.92. The first-order chi connectivity index (χ1) is 11.8. The maximum atomic E-state index is 12.7. The molecule has 0 fully saturated rings. The van der Waals surface area contributed by atoms with Gasteiger partial charge in [0.1, 0.15) is 5.75 Å². The summed E-state index contributed by atoms with van der Waals surface area (Å²) in [5, 5.41) is 3.07. The summed E-state index contributed by atoms with van der Waals surface area (Å²) < 4.78 is 42.1. The van der Waals surface area contributed by atoms with Crippen LogP contribution in [0.1, 0.15) is 17.2 Å². The third kappa shape index (κ3) is 5.41. The van der Waals surface area contributed by atoms with Gasteiger partial charge in [0.05, 0.1) is 6.04 Å². The van der Waals surface area contributed by atoms with Crippen LogP contribution in [0.4, 0.5) is 13.2 Å². The van der Waals surface area contributed by atoms with E-state index in [0.29, 0.717) is 10.6 Å². The van der Waals surface area contributed by atoms with E-state index in [2.05, 4.69) is 22.4 Å². The molecular formula is C18H13ClF3NO2. The Labute approximate surface area is 147 Å². The average molecular weight is 368 g/mol. The van der Waals surface area contributed by atoms with E-state index >= 15 is 0 Å². The summed E-state index contributed by atoms with van der Waals surface area (Å²) in [6, 6.07) is 11.1. The molecule has 0 aliphatic carbocycles. The number of para-hydroxylation sites is 1. The van der Waals surface area contributed by atoms with Gasteiger partial charge in [-0.1, -0.05) is 48.5 Å². The van der Waals surface area contributed by atoms with E-state index in [1.54, 1.807) is 30.3 Å². The maximum absolute atomic E-state index is 12.7. The normalized spacial score (nSPS) is 12.0. The molecule has 0 aromatic heterocycles. The van der Waals surface area contributed by atoms with E-state index in [4.69, 9.17) is 11.6 Å². The number of carbonyl (C=O) groups is 1. The summed E-state index contributed by atoms with van der Waals surface area (Å²) in [4.78, 5) is 11.9. The first-order valence-electron chi connectivity index (χ1n) is 7.06. The molecule has 0 aliphatic heterocycles. The summed E-state index contributed by atoms with van der Waals surface area (Å²) in [6.07, 6.45) is -3.80. The van der Waals surface area contributed by atoms with Crippen molar-refractivity contribution in [3.05, 3.63) is 83.1 Å². The van der Waals surface area contributed by atoms with Crippen LogP contribution in [0.25, 0.3) is 0 Å². The number of benzene rings is 2. The first-order valence-corrected chi connectivity index (χ1v) is 7.44. The number of halogens is 4. The Morgan fingerprint density at radius 2 is 1.84 bits per heavy atom. The van der Waals surface area contributed by atoms with Crippen molar-refractivity contribution < 1.29 is 22.7 Å². The quantitative estimate of drug-likeness (QED) is 0.609. The largest absolute Gasteiger partial charge is 0.573 e. The van der Waals surface area contributed by atoms with Crippen LogP contribution in [-0.2, 0) is 4.79 Å². The lowest BCUT2D eigenvalue weighted by Gasteiger charge is -2.22. The molecule has 2 aromatic rings. The highest BCUT2D eigenvalue weighted by molar-refractivity contribution is 6.30. The molecule has 0 saturated carbocycles. The van der Waals surface area contributed by atoms with Crippen LogP contribution in [-0.4, -0.2) is 12.3 Å². The molecule has 1 N–H and O–H groups in total. The third-order valence-electron chi connectivity index (χ3n) is 3.18. The first kappa shape index (κ1) is 18.6. The van der Waals surface area contributed by atoms with E-state index in [9.17, 15) is 18.0 Å². The van der Waals surface area contributed by atoms with Crippen LogP contribution < -0.4 is 10.1 Å². The molecule has 0 spiro atoms. The van der Waals surface area contributed by atoms with Gasteiger partial charge < -0.3 is 10.1 Å². The van der Waals surface area contributed by atoms with E-state index in [-0.39, 0.29) is 5.56 Å². The summed E-state index contributed by atoms with van der Waals surface area (Å²) >= 11 is 5.85. The van der Waals surface area contributed by atoms with E-state index in [1.807, 2.05) is 0 Å². The molecule has 1 unspecified atom stereocenters. The summed E-state index contributed by atoms with van der Waals surface area (Å²) in [5.41, 5.74) is 3.00. The fraction of sp³-hybridized carbons (Fsp3) is 0.111. The van der Waals surface area contributed by atoms with Gasteiger partial charge in [-0.3, -0.25) is 4.79 Å². The number of alkyl halides is 3. The lowest BCUT2D eigenvalue weighted by molar-refractivity contribution is -0.274. The van der Waals surface area contributed by atoms with Crippen molar-refractivity contribution in [1.82, 2.24) is 5.32 Å². The predicted octanol–water partition coefficient (Wildman–Crippen LogP) is 4.79. The molecule has 0 heterocycles. The topological polar surface area (TPSA) is 38.3 Å². The average Bonchev–Trinajstić information content (AvgIpc) is 2.53. The monoisotopic (exact) mass is 367 g/mol. The minimum absolute atomic E-state index is 0.146. The second-order valence-corrected chi connectivity index (χ2v) is 5.36. The zero-order chi connectivity index (χ0) is 18.4. The van der Waals surface area contributed by atoms with Crippen LogP contribution in [0.5, 0.6) is 5.75 Å². The molecule has 7 heteroatoms. The van der Waals surface area contributed by atoms with Gasteiger partial charge in [0.25, 0.3) is 5.91 Å². The molecule has 0 aliphatic rings. The van der Waals surface area contributed by atoms with Crippen LogP contribution >= 0.6 is 11.6 Å². The molecule has 3 nitrogen and oxygen atoms in total. The molecule has 0 saturated heterocycles. The molecule has 2 rings (SSSR count). The molecule has 0 radical (unpaired) electrons. The van der Waals surface area contributed by atoms with Gasteiger partial charge in [0.15, 0.2) is 0 Å². The lowest BCUT2D eigenvalue weighted by atomic mass is 9.97. The van der Waals surface area contributed by atoms with Gasteiger partial charge in [0.2, 0.25) is 0 Å². The van der Waals surface area contributed by atoms with E-state index in [0.717, 1.165) is 6.08 Å². The van der Waals surface area contributed by atoms with Crippen LogP contribution in [0.2, 0.25) is 5.02 Å². The van der Waals surface area contributed by atoms with Crippen molar-refractivity contribution in [2.75, 3.05) is 0 Å². The van der Waals surface area contributed by atoms with Crippen molar-refractivity contribution in [1.29, 1.82) is 0 Å². The summed E-state index contributed by atoms with van der Waals surface area (Å²) in [7, 11) is 0. The fourth-order valence-corrected chi connectivity index (χ4v) is 2.34. The Morgan fingerprint density at radius 1 is 1.20 bits per heavy atom. The van der Waals surface area contributed by atoms with Crippen molar-refractivity contribution in [3.63, 3.8) is 0 Å². The molecule has 2 aromatic carbocycles. The molecule has 1 amide bonds. The van der Waals surface area contributed by atoms with Crippen molar-refractivity contribution in [2.24, 2.45) is 0 Å². The van der Waals surface area contributed by atoms with Crippen molar-refractivity contribution >= 4 is 17.5 Å². The Balaban J connectivity index is 2.50. The Bertz CT molecular complexity index is 797. The summed E-state index contributed by atoms with van der Waals surface area (Å²) in [5.74, 6) is -0.963. The van der Waals surface area contributed by atoms with Gasteiger partial charge in [-0.2, -0.15) is 0 Å². The van der Waals surface area contributed by atoms with Crippen LogP contribution in [0, 0.1) is 0 Å². The number of amides is 1. The number of hydrogen-bond acceptors (Lipinski definition) is 2. The molecule has 25 heavy (non-hydrogen) atoms. The molecule has 130 valence electrons. The number of hydrogen-bond donors (Lipinski definition) is 1. The predicted molar refractivity (Wildman–Crippen MR) is 88.3 cm³/mol. The highest BCUT2D eigenvalue weighted by Crippen LogP contribution is 2.33. The number of nitrogens with one attached hydrogen (secondary N) is 1. The summed E-state index contributed by atoms with van der Waals surface area (Å²) in [6.45, 7) is 3.30. The highest BCUT2D eigenvalue weighted by Gasteiger charge is 2.33. The molecule has 1 atom stereocenters. The molecular weight excluding hydrogens is 355 g/mol. The Hall–Kier alpha value is -2.69. The zero-order valence-corrected chi connectivity index (χ0v) is 13.6. The van der Waals surface area contributed by atoms with Gasteiger partial charge in [0, 0.05) is 16.7 Å². The standard InChI is InChI=1S/C18H13ClF3NO2/c1-2-5-16(24)23-17(12-8-10-13(19)11-9-12)14-6-3-4-7-15(14)25-18(20,21)22/h3-11,17H,1H2,(H,23,24). The lowest BCUT2D eigenvalue weighted by Crippen LogP contribution is -2.29. The maximum Gasteiger partial charge on any atom is 0.573 e. The Kier molecular flexibility index (Phi) is 5.91. The minimum Gasteiger partial charge on any atom is -0.405 e. The smallest absolute Gasteiger partial charge is 0.405 e. The number of carbonyl (C=O) groups excluding carboxylic acids is 1. The van der Waals surface area contributed by atoms with E-state index in [1.165, 1.54) is 18.2 Å². The third-order valence-corrected chi connectivity index (χ3v) is 3.43. The van der Waals surface area contributed by atoms with Gasteiger partial charge in [-0.05, 0) is 23.8 Å². The second-order valence-electron chi connectivity index (χ2n) is 4.93. The zero-order valence-electron chi connectivity index (χ0n) is 12.8. The van der Waals surface area contributed by atoms with Crippen molar-refractivity contribution in [2.45, 2.75) is 12.4 Å². The Morgan fingerprint density at radius 3 is 2.44 bits per heavy atom. The van der Waals surface area contributed by atoms with E-state index < -0.39 is 24.1 Å². The SMILES string of the molecule is C=C=CC(=O)NC(c1ccc(Cl)cc1)c1ccccc1OC(F)(F)F.